The zero-order valence-corrected chi connectivity index (χ0v) is 11.6. The zero-order chi connectivity index (χ0) is 13.5. The van der Waals surface area contributed by atoms with E-state index in [1.54, 1.807) is 0 Å². The molecule has 1 aliphatic rings. The van der Waals surface area contributed by atoms with Crippen molar-refractivity contribution in [3.63, 3.8) is 0 Å². The van der Waals surface area contributed by atoms with E-state index in [9.17, 15) is 0 Å². The summed E-state index contributed by atoms with van der Waals surface area (Å²) in [5, 5.41) is 0. The molecule has 1 aromatic carbocycles. The summed E-state index contributed by atoms with van der Waals surface area (Å²) in [5.41, 5.74) is 3.78. The first-order chi connectivity index (χ1) is 9.29. The van der Waals surface area contributed by atoms with Crippen molar-refractivity contribution in [3.05, 3.63) is 77.4 Å². The summed E-state index contributed by atoms with van der Waals surface area (Å²) in [6.07, 6.45) is 13.4. The fourth-order valence-corrected chi connectivity index (χ4v) is 1.88. The number of aryl methyl sites for hydroxylation is 1. The Morgan fingerprint density at radius 1 is 0.895 bits per heavy atom. The van der Waals surface area contributed by atoms with Crippen molar-refractivity contribution < 1.29 is 4.74 Å². The molecule has 0 saturated carbocycles. The summed E-state index contributed by atoms with van der Waals surface area (Å²) in [6.45, 7) is 4.87. The highest BCUT2D eigenvalue weighted by atomic mass is 16.5. The molecule has 0 radical (unpaired) electrons. The van der Waals surface area contributed by atoms with Crippen molar-refractivity contribution in [2.45, 2.75) is 20.3 Å². The molecule has 0 spiro atoms. The number of allylic oxidation sites excluding steroid dienone is 6. The Balaban J connectivity index is 2.02. The van der Waals surface area contributed by atoms with Crippen molar-refractivity contribution in [1.29, 1.82) is 0 Å². The highest BCUT2D eigenvalue weighted by molar-refractivity contribution is 5.38. The number of hydrogen-bond acceptors (Lipinski definition) is 1. The SMILES string of the molecule is CCc1ccc(OCC2=C(C)/C=C\C=C/C=C\2)cc1. The minimum atomic E-state index is 0.603. The molecule has 2 rings (SSSR count). The monoisotopic (exact) mass is 252 g/mol. The molecule has 0 aliphatic heterocycles. The van der Waals surface area contributed by atoms with Crippen LogP contribution in [0.1, 0.15) is 19.4 Å². The van der Waals surface area contributed by atoms with Gasteiger partial charge in [0.25, 0.3) is 0 Å². The predicted octanol–water partition coefficient (Wildman–Crippen LogP) is 4.63. The smallest absolute Gasteiger partial charge is 0.119 e. The molecule has 0 amide bonds. The zero-order valence-electron chi connectivity index (χ0n) is 11.6. The quantitative estimate of drug-likeness (QED) is 0.759. The minimum Gasteiger partial charge on any atom is -0.489 e. The van der Waals surface area contributed by atoms with Crippen LogP contribution in [-0.2, 0) is 6.42 Å². The van der Waals surface area contributed by atoms with Gasteiger partial charge in [0, 0.05) is 0 Å². The van der Waals surface area contributed by atoms with E-state index in [4.69, 9.17) is 4.74 Å². The van der Waals surface area contributed by atoms with Crippen molar-refractivity contribution in [2.75, 3.05) is 6.61 Å². The van der Waals surface area contributed by atoms with Crippen LogP contribution in [0.5, 0.6) is 5.75 Å². The van der Waals surface area contributed by atoms with Crippen LogP contribution >= 0.6 is 0 Å². The minimum absolute atomic E-state index is 0.603. The maximum atomic E-state index is 5.84. The molecule has 0 N–H and O–H groups in total. The lowest BCUT2D eigenvalue weighted by atomic mass is 10.1. The van der Waals surface area contributed by atoms with Crippen LogP contribution in [0.3, 0.4) is 0 Å². The molecule has 0 unspecified atom stereocenters. The van der Waals surface area contributed by atoms with E-state index in [0.29, 0.717) is 6.61 Å². The van der Waals surface area contributed by atoms with E-state index >= 15 is 0 Å². The molecule has 0 heterocycles. The van der Waals surface area contributed by atoms with E-state index in [0.717, 1.165) is 12.2 Å². The summed E-state index contributed by atoms with van der Waals surface area (Å²) < 4.78 is 5.84. The molecule has 1 nitrogen and oxygen atoms in total. The summed E-state index contributed by atoms with van der Waals surface area (Å²) >= 11 is 0. The van der Waals surface area contributed by atoms with Gasteiger partial charge in [-0.3, -0.25) is 0 Å². The largest absolute Gasteiger partial charge is 0.489 e. The van der Waals surface area contributed by atoms with Crippen molar-refractivity contribution in [2.24, 2.45) is 0 Å². The maximum absolute atomic E-state index is 5.84. The van der Waals surface area contributed by atoms with Crippen LogP contribution < -0.4 is 4.74 Å². The molecule has 1 aromatic rings. The van der Waals surface area contributed by atoms with E-state index in [-0.39, 0.29) is 0 Å². The average Bonchev–Trinajstić information content (AvgIpc) is 2.43. The van der Waals surface area contributed by atoms with Gasteiger partial charge in [0.15, 0.2) is 0 Å². The van der Waals surface area contributed by atoms with Gasteiger partial charge in [-0.15, -0.1) is 0 Å². The molecule has 1 aliphatic carbocycles. The molecule has 0 fully saturated rings. The van der Waals surface area contributed by atoms with Crippen LogP contribution in [0.4, 0.5) is 0 Å². The average molecular weight is 252 g/mol. The molecular formula is C18H20O. The molecular weight excluding hydrogens is 232 g/mol. The third-order valence-corrected chi connectivity index (χ3v) is 3.21. The second-order valence-corrected chi connectivity index (χ2v) is 4.60. The van der Waals surface area contributed by atoms with Crippen molar-refractivity contribution in [3.8, 4) is 5.75 Å². The number of ether oxygens (including phenoxy) is 1. The predicted molar refractivity (Wildman–Crippen MR) is 81.4 cm³/mol. The van der Waals surface area contributed by atoms with E-state index in [1.165, 1.54) is 16.7 Å². The lowest BCUT2D eigenvalue weighted by molar-refractivity contribution is 0.354. The van der Waals surface area contributed by atoms with E-state index in [2.05, 4.69) is 44.2 Å². The van der Waals surface area contributed by atoms with Crippen LogP contribution in [0, 0.1) is 0 Å². The molecule has 0 bridgehead atoms. The van der Waals surface area contributed by atoms with Gasteiger partial charge in [0.05, 0.1) is 0 Å². The van der Waals surface area contributed by atoms with E-state index in [1.807, 2.05) is 30.4 Å². The molecule has 1 heteroatoms. The number of benzene rings is 1. The summed E-state index contributed by atoms with van der Waals surface area (Å²) in [5.74, 6) is 0.924. The topological polar surface area (TPSA) is 9.23 Å². The summed E-state index contributed by atoms with van der Waals surface area (Å²) in [4.78, 5) is 0. The van der Waals surface area contributed by atoms with Gasteiger partial charge in [0.2, 0.25) is 0 Å². The van der Waals surface area contributed by atoms with E-state index < -0.39 is 0 Å². The van der Waals surface area contributed by atoms with Crippen molar-refractivity contribution >= 4 is 0 Å². The summed E-state index contributed by atoms with van der Waals surface area (Å²) in [7, 11) is 0. The van der Waals surface area contributed by atoms with Gasteiger partial charge < -0.3 is 4.74 Å². The Morgan fingerprint density at radius 2 is 1.58 bits per heavy atom. The second-order valence-electron chi connectivity index (χ2n) is 4.60. The molecule has 0 atom stereocenters. The molecule has 0 saturated heterocycles. The van der Waals surface area contributed by atoms with Crippen LogP contribution in [0.25, 0.3) is 0 Å². The van der Waals surface area contributed by atoms with Crippen LogP contribution in [0.2, 0.25) is 0 Å². The van der Waals surface area contributed by atoms with Crippen LogP contribution in [0.15, 0.2) is 71.9 Å². The third kappa shape index (κ3) is 3.99. The highest BCUT2D eigenvalue weighted by Gasteiger charge is 2.00. The Bertz CT molecular complexity index is 527. The normalized spacial score (nSPS) is 23.3. The molecule has 98 valence electrons. The maximum Gasteiger partial charge on any atom is 0.119 e. The Morgan fingerprint density at radius 3 is 2.26 bits per heavy atom. The lowest BCUT2D eigenvalue weighted by Gasteiger charge is -2.10. The fraction of sp³-hybridized carbons (Fsp3) is 0.222. The first-order valence-corrected chi connectivity index (χ1v) is 6.72. The third-order valence-electron chi connectivity index (χ3n) is 3.21. The highest BCUT2D eigenvalue weighted by Crippen LogP contribution is 2.16. The van der Waals surface area contributed by atoms with Gasteiger partial charge in [-0.05, 0) is 42.2 Å². The molecule has 0 aromatic heterocycles. The van der Waals surface area contributed by atoms with Crippen molar-refractivity contribution in [1.82, 2.24) is 0 Å². The van der Waals surface area contributed by atoms with Gasteiger partial charge in [-0.1, -0.05) is 55.5 Å². The Labute approximate surface area is 115 Å². The Hall–Kier alpha value is -2.02. The second kappa shape index (κ2) is 6.79. The summed E-state index contributed by atoms with van der Waals surface area (Å²) in [6, 6.07) is 8.31. The number of hydrogen-bond donors (Lipinski definition) is 0. The lowest BCUT2D eigenvalue weighted by Crippen LogP contribution is -2.01. The molecule has 19 heavy (non-hydrogen) atoms. The van der Waals surface area contributed by atoms with Gasteiger partial charge in [0.1, 0.15) is 12.4 Å². The first kappa shape index (κ1) is 13.4. The van der Waals surface area contributed by atoms with Gasteiger partial charge in [-0.25, -0.2) is 0 Å². The first-order valence-electron chi connectivity index (χ1n) is 6.72. The van der Waals surface area contributed by atoms with Gasteiger partial charge in [-0.2, -0.15) is 0 Å². The number of rotatable bonds is 4. The van der Waals surface area contributed by atoms with Gasteiger partial charge >= 0.3 is 0 Å². The standard InChI is InChI=1S/C18H20O/c1-3-16-10-12-18(13-11-16)19-14-17-9-7-5-4-6-8-15(17)2/h4-13H,3,14H2,1-2H3/b5-4-,6-4?,7-5?,8-6-,9-7-,15-8?,17-9?,17-15+. The fourth-order valence-electron chi connectivity index (χ4n) is 1.88. The Kier molecular flexibility index (Phi) is 4.79. The van der Waals surface area contributed by atoms with Crippen LogP contribution in [-0.4, -0.2) is 6.61 Å².